The van der Waals surface area contributed by atoms with Crippen molar-refractivity contribution < 1.29 is 9.53 Å². The van der Waals surface area contributed by atoms with Gasteiger partial charge < -0.3 is 15.4 Å². The topological polar surface area (TPSA) is 50.4 Å². The second-order valence-electron chi connectivity index (χ2n) is 6.17. The summed E-state index contributed by atoms with van der Waals surface area (Å²) in [7, 11) is 1.76. The average Bonchev–Trinajstić information content (AvgIpc) is 2.93. The number of hydrogen-bond donors (Lipinski definition) is 2. The summed E-state index contributed by atoms with van der Waals surface area (Å²) in [4.78, 5) is 12.2. The van der Waals surface area contributed by atoms with Crippen molar-refractivity contribution in [1.82, 2.24) is 10.6 Å². The molecule has 0 aromatic heterocycles. The second kappa shape index (κ2) is 8.85. The molecule has 1 aliphatic carbocycles. The van der Waals surface area contributed by atoms with Crippen LogP contribution >= 0.6 is 12.4 Å². The van der Waals surface area contributed by atoms with Crippen LogP contribution in [0.4, 0.5) is 0 Å². The molecule has 20 heavy (non-hydrogen) atoms. The van der Waals surface area contributed by atoms with Crippen LogP contribution in [0.5, 0.6) is 0 Å². The molecule has 1 aliphatic heterocycles. The molecule has 1 amide bonds. The molecule has 2 fully saturated rings. The normalized spacial score (nSPS) is 24.9. The fourth-order valence-electron chi connectivity index (χ4n) is 3.43. The van der Waals surface area contributed by atoms with Crippen molar-refractivity contribution in [3.05, 3.63) is 0 Å². The van der Waals surface area contributed by atoms with Gasteiger partial charge in [-0.3, -0.25) is 4.79 Å². The molecule has 2 aliphatic rings. The quantitative estimate of drug-likeness (QED) is 0.791. The van der Waals surface area contributed by atoms with Crippen molar-refractivity contribution in [3.63, 3.8) is 0 Å². The fourth-order valence-corrected chi connectivity index (χ4v) is 3.43. The zero-order valence-corrected chi connectivity index (χ0v) is 13.4. The Morgan fingerprint density at radius 2 is 2.05 bits per heavy atom. The number of halogens is 1. The van der Waals surface area contributed by atoms with Gasteiger partial charge in [0.05, 0.1) is 6.04 Å². The summed E-state index contributed by atoms with van der Waals surface area (Å²) in [6, 6.07) is 0.0367. The minimum atomic E-state index is 0. The van der Waals surface area contributed by atoms with E-state index >= 15 is 0 Å². The summed E-state index contributed by atoms with van der Waals surface area (Å²) in [6.07, 6.45) is 9.46. The van der Waals surface area contributed by atoms with Crippen LogP contribution in [0.1, 0.15) is 51.4 Å². The summed E-state index contributed by atoms with van der Waals surface area (Å²) in [6.45, 7) is 2.61. The summed E-state index contributed by atoms with van der Waals surface area (Å²) in [5.41, 5.74) is 0.292. The number of methoxy groups -OCH3 is 1. The van der Waals surface area contributed by atoms with Crippen LogP contribution in [0.2, 0.25) is 0 Å². The van der Waals surface area contributed by atoms with Gasteiger partial charge in [-0.15, -0.1) is 12.4 Å². The summed E-state index contributed by atoms with van der Waals surface area (Å²) in [5.74, 6) is 0.198. The molecule has 2 N–H and O–H groups in total. The molecule has 0 spiro atoms. The van der Waals surface area contributed by atoms with E-state index in [1.807, 2.05) is 0 Å². The lowest BCUT2D eigenvalue weighted by atomic mass is 9.83. The molecule has 2 rings (SSSR count). The number of carbonyl (C=O) groups excluding carboxylic acids is 1. The molecular formula is C15H29ClN2O2. The minimum absolute atomic E-state index is 0. The van der Waals surface area contributed by atoms with Crippen molar-refractivity contribution in [3.8, 4) is 0 Å². The van der Waals surface area contributed by atoms with Gasteiger partial charge in [-0.1, -0.05) is 19.3 Å². The third kappa shape index (κ3) is 4.90. The largest absolute Gasteiger partial charge is 0.385 e. The van der Waals surface area contributed by atoms with E-state index in [0.717, 1.165) is 32.5 Å². The van der Waals surface area contributed by atoms with E-state index in [1.165, 1.54) is 38.5 Å². The Kier molecular flexibility index (Phi) is 7.85. The number of ether oxygens (including phenoxy) is 1. The smallest absolute Gasteiger partial charge is 0.237 e. The molecule has 1 saturated carbocycles. The Bertz CT molecular complexity index is 288. The van der Waals surface area contributed by atoms with Gasteiger partial charge in [0.25, 0.3) is 0 Å². The van der Waals surface area contributed by atoms with Gasteiger partial charge in [0.1, 0.15) is 0 Å². The van der Waals surface area contributed by atoms with Crippen LogP contribution in [0, 0.1) is 5.41 Å². The van der Waals surface area contributed by atoms with E-state index in [2.05, 4.69) is 10.6 Å². The van der Waals surface area contributed by atoms with E-state index < -0.39 is 0 Å². The van der Waals surface area contributed by atoms with E-state index in [0.29, 0.717) is 5.41 Å². The molecule has 1 atom stereocenters. The predicted octanol–water partition coefficient (Wildman–Crippen LogP) is 2.26. The Morgan fingerprint density at radius 3 is 2.65 bits per heavy atom. The molecule has 1 saturated heterocycles. The SMILES string of the molecule is COCCC1(CNC(=O)C2CCCCN2)CCCC1.Cl. The maximum Gasteiger partial charge on any atom is 0.237 e. The molecule has 118 valence electrons. The molecule has 4 nitrogen and oxygen atoms in total. The lowest BCUT2D eigenvalue weighted by Gasteiger charge is -2.30. The summed E-state index contributed by atoms with van der Waals surface area (Å²) >= 11 is 0. The van der Waals surface area contributed by atoms with Crippen LogP contribution in [-0.2, 0) is 9.53 Å². The van der Waals surface area contributed by atoms with Crippen LogP contribution in [0.25, 0.3) is 0 Å². The number of rotatable bonds is 6. The number of carbonyl (C=O) groups is 1. The number of nitrogens with one attached hydrogen (secondary N) is 2. The fraction of sp³-hybridized carbons (Fsp3) is 0.933. The summed E-state index contributed by atoms with van der Waals surface area (Å²) in [5, 5.41) is 6.50. The average molecular weight is 305 g/mol. The number of amides is 1. The number of hydrogen-bond acceptors (Lipinski definition) is 3. The van der Waals surface area contributed by atoms with Gasteiger partial charge in [-0.2, -0.15) is 0 Å². The van der Waals surface area contributed by atoms with Gasteiger partial charge in [0.15, 0.2) is 0 Å². The molecule has 5 heteroatoms. The standard InChI is InChI=1S/C15H28N2O2.ClH/c1-19-11-9-15(7-3-4-8-15)12-17-14(18)13-6-2-5-10-16-13;/h13,16H,2-12H2,1H3,(H,17,18);1H. The van der Waals surface area contributed by atoms with Crippen molar-refractivity contribution in [2.75, 3.05) is 26.8 Å². The van der Waals surface area contributed by atoms with Crippen molar-refractivity contribution in [1.29, 1.82) is 0 Å². The Balaban J connectivity index is 0.00000200. The summed E-state index contributed by atoms with van der Waals surface area (Å²) < 4.78 is 5.23. The first-order chi connectivity index (χ1) is 9.26. The highest BCUT2D eigenvalue weighted by Gasteiger charge is 2.34. The second-order valence-corrected chi connectivity index (χ2v) is 6.17. The van der Waals surface area contributed by atoms with Gasteiger partial charge in [-0.05, 0) is 44.1 Å². The molecule has 1 unspecified atom stereocenters. The monoisotopic (exact) mass is 304 g/mol. The maximum atomic E-state index is 12.2. The highest BCUT2D eigenvalue weighted by Crippen LogP contribution is 2.40. The lowest BCUT2D eigenvalue weighted by molar-refractivity contribution is -0.124. The van der Waals surface area contributed by atoms with Crippen molar-refractivity contribution >= 4 is 18.3 Å². The van der Waals surface area contributed by atoms with Gasteiger partial charge in [0.2, 0.25) is 5.91 Å². The predicted molar refractivity (Wildman–Crippen MR) is 83.3 cm³/mol. The van der Waals surface area contributed by atoms with E-state index in [-0.39, 0.29) is 24.4 Å². The number of piperidine rings is 1. The van der Waals surface area contributed by atoms with Crippen molar-refractivity contribution in [2.24, 2.45) is 5.41 Å². The first-order valence-corrected chi connectivity index (χ1v) is 7.76. The third-order valence-corrected chi connectivity index (χ3v) is 4.77. The van der Waals surface area contributed by atoms with E-state index in [1.54, 1.807) is 7.11 Å². The van der Waals surface area contributed by atoms with Gasteiger partial charge in [-0.25, -0.2) is 0 Å². The molecule has 0 aromatic rings. The Hall–Kier alpha value is -0.320. The Labute approximate surface area is 128 Å². The molecule has 0 radical (unpaired) electrons. The van der Waals surface area contributed by atoms with E-state index in [9.17, 15) is 4.79 Å². The van der Waals surface area contributed by atoms with Crippen LogP contribution in [-0.4, -0.2) is 38.8 Å². The Morgan fingerprint density at radius 1 is 1.30 bits per heavy atom. The first-order valence-electron chi connectivity index (χ1n) is 7.76. The molecule has 0 bridgehead atoms. The zero-order valence-electron chi connectivity index (χ0n) is 12.6. The minimum Gasteiger partial charge on any atom is -0.385 e. The highest BCUT2D eigenvalue weighted by atomic mass is 35.5. The third-order valence-electron chi connectivity index (χ3n) is 4.77. The van der Waals surface area contributed by atoms with Gasteiger partial charge in [0, 0.05) is 20.3 Å². The van der Waals surface area contributed by atoms with Crippen LogP contribution < -0.4 is 10.6 Å². The van der Waals surface area contributed by atoms with Crippen LogP contribution in [0.15, 0.2) is 0 Å². The highest BCUT2D eigenvalue weighted by molar-refractivity contribution is 5.85. The first kappa shape index (κ1) is 17.7. The maximum absolute atomic E-state index is 12.2. The van der Waals surface area contributed by atoms with Crippen LogP contribution in [0.3, 0.4) is 0 Å². The molecule has 1 heterocycles. The lowest BCUT2D eigenvalue weighted by Crippen LogP contribution is -2.49. The van der Waals surface area contributed by atoms with Crippen molar-refractivity contribution in [2.45, 2.75) is 57.4 Å². The van der Waals surface area contributed by atoms with E-state index in [4.69, 9.17) is 4.74 Å². The zero-order chi connectivity index (χ0) is 13.6. The molecular weight excluding hydrogens is 276 g/mol. The van der Waals surface area contributed by atoms with Gasteiger partial charge >= 0.3 is 0 Å². The molecule has 0 aromatic carbocycles.